The molecule has 0 amide bonds. The molecule has 9 nitrogen and oxygen atoms in total. The van der Waals surface area contributed by atoms with E-state index in [0.717, 1.165) is 7.11 Å². The summed E-state index contributed by atoms with van der Waals surface area (Å²) in [5, 5.41) is 1.89. The minimum absolute atomic E-state index is 0.00157. The fourth-order valence-electron chi connectivity index (χ4n) is 2.60. The van der Waals surface area contributed by atoms with E-state index >= 15 is 0 Å². The molecule has 1 fully saturated rings. The Hall–Kier alpha value is -1.51. The summed E-state index contributed by atoms with van der Waals surface area (Å²) >= 11 is 1.51. The van der Waals surface area contributed by atoms with Gasteiger partial charge in [-0.1, -0.05) is 0 Å². The summed E-state index contributed by atoms with van der Waals surface area (Å²) in [6.45, 7) is 0.946. The molecule has 13 heteroatoms. The van der Waals surface area contributed by atoms with Crippen molar-refractivity contribution in [2.24, 2.45) is 0 Å². The Kier molecular flexibility index (Phi) is 4.60. The van der Waals surface area contributed by atoms with E-state index in [9.17, 15) is 19.2 Å². The van der Waals surface area contributed by atoms with Gasteiger partial charge in [-0.15, -0.1) is 0 Å². The molecule has 1 saturated heterocycles. The van der Waals surface area contributed by atoms with Crippen molar-refractivity contribution >= 4 is 70.6 Å². The van der Waals surface area contributed by atoms with Crippen LogP contribution in [-0.2, 0) is 19.1 Å². The number of furan rings is 2. The quantitative estimate of drug-likeness (QED) is 0.114. The molecule has 143 valence electrons. The molecule has 2 aliphatic rings. The Bertz CT molecular complexity index is 1040. The third-order valence-corrected chi connectivity index (χ3v) is 9.71. The molecule has 0 N–H and O–H groups in total. The van der Waals surface area contributed by atoms with E-state index in [1.54, 1.807) is 6.92 Å². The van der Waals surface area contributed by atoms with Gasteiger partial charge in [0.05, 0.1) is 7.11 Å². The number of esters is 4. The average molecular weight is 608 g/mol. The summed E-state index contributed by atoms with van der Waals surface area (Å²) in [7, 11) is 7.19. The zero-order valence-electron chi connectivity index (χ0n) is 14.3. The van der Waals surface area contributed by atoms with Crippen LogP contribution in [0.3, 0.4) is 0 Å². The zero-order chi connectivity index (χ0) is 20.4. The van der Waals surface area contributed by atoms with Gasteiger partial charge in [-0.25, -0.2) is 0 Å². The number of methoxy groups -OCH3 is 1. The zero-order valence-corrected chi connectivity index (χ0v) is 18.6. The Balaban J connectivity index is 1.49. The third-order valence-electron chi connectivity index (χ3n) is 4.30. The van der Waals surface area contributed by atoms with Crippen LogP contribution in [0.4, 0.5) is 0 Å². The van der Waals surface area contributed by atoms with Crippen LogP contribution < -0.4 is 30.5 Å². The van der Waals surface area contributed by atoms with Gasteiger partial charge in [0.1, 0.15) is 0 Å². The maximum absolute atomic E-state index is 12.3. The summed E-state index contributed by atoms with van der Waals surface area (Å²) in [5.41, 5.74) is -0.393. The maximum atomic E-state index is 12.3. The number of carbonyl (C=O) groups is 4. The second kappa shape index (κ2) is 6.50. The first kappa shape index (κ1) is 19.8. The average Bonchev–Trinajstić information content (AvgIpc) is 3.07. The van der Waals surface area contributed by atoms with E-state index < -0.39 is 58.1 Å². The number of fused-ring (bicyclic) bond motifs is 1. The molecule has 4 rings (SSSR count). The molecule has 2 bridgehead atoms. The molecule has 2 aliphatic heterocycles. The number of halogens is 2. The predicted molar refractivity (Wildman–Crippen MR) is 97.0 cm³/mol. The second-order valence-corrected chi connectivity index (χ2v) is 11.3. The van der Waals surface area contributed by atoms with Crippen molar-refractivity contribution < 1.29 is 63.5 Å². The molecule has 0 saturated carbocycles. The molecular weight excluding hydrogens is 600 g/mol. The van der Waals surface area contributed by atoms with Crippen molar-refractivity contribution in [1.82, 2.24) is 0 Å². The van der Waals surface area contributed by atoms with E-state index in [0.29, 0.717) is 0 Å². The molecule has 2 aromatic rings. The van der Waals surface area contributed by atoms with Gasteiger partial charge in [-0.2, -0.15) is 0 Å². The van der Waals surface area contributed by atoms with Crippen LogP contribution in [-0.4, -0.2) is 57.2 Å². The van der Waals surface area contributed by atoms with Crippen molar-refractivity contribution in [1.29, 1.82) is 0 Å². The molecule has 2 unspecified atom stereocenters. The SMILES string of the molecule is [B]C1(C(C)(I)C(=O)OCC(=O)Oc2c3c4oc2c(C(=O)OC)c4C(=O)O3)[B][I-]1. The van der Waals surface area contributed by atoms with Gasteiger partial charge in [0.15, 0.2) is 0 Å². The van der Waals surface area contributed by atoms with Gasteiger partial charge < -0.3 is 0 Å². The van der Waals surface area contributed by atoms with Crippen molar-refractivity contribution in [3.63, 3.8) is 0 Å². The van der Waals surface area contributed by atoms with Crippen LogP contribution in [0.15, 0.2) is 4.42 Å². The molecule has 4 heterocycles. The van der Waals surface area contributed by atoms with Gasteiger partial charge >= 0.3 is 177 Å². The first-order valence-electron chi connectivity index (χ1n) is 7.67. The Morgan fingerprint density at radius 2 is 2.04 bits per heavy atom. The van der Waals surface area contributed by atoms with E-state index in [1.165, 1.54) is 0 Å². The number of alkyl halides is 2. The number of ether oxygens (including phenoxy) is 4. The predicted octanol–water partition coefficient (Wildman–Crippen LogP) is -2.62. The number of carbonyl (C=O) groups excluding carboxylic acids is 4. The Morgan fingerprint density at radius 3 is 2.64 bits per heavy atom. The third kappa shape index (κ3) is 2.80. The molecular formula is C15H8B2I2O9-. The number of benzene rings is 1. The minimum atomic E-state index is -0.989. The summed E-state index contributed by atoms with van der Waals surface area (Å²) < 4.78 is 23.5. The van der Waals surface area contributed by atoms with E-state index in [1.807, 2.05) is 27.7 Å². The van der Waals surface area contributed by atoms with Crippen molar-refractivity contribution in [2.75, 3.05) is 13.7 Å². The normalized spacial score (nSPS) is 21.9. The van der Waals surface area contributed by atoms with Crippen molar-refractivity contribution in [3.8, 4) is 11.5 Å². The molecule has 0 aliphatic carbocycles. The summed E-state index contributed by atoms with van der Waals surface area (Å²) in [6, 6.07) is 0. The molecule has 3 radical (unpaired) electrons. The van der Waals surface area contributed by atoms with Gasteiger partial charge in [0.2, 0.25) is 0 Å². The molecule has 28 heavy (non-hydrogen) atoms. The monoisotopic (exact) mass is 608 g/mol. The number of rotatable bonds is 6. The van der Waals surface area contributed by atoms with Crippen LogP contribution in [0.2, 0.25) is 0 Å². The van der Waals surface area contributed by atoms with Crippen LogP contribution >= 0.6 is 22.6 Å². The van der Waals surface area contributed by atoms with E-state index in [2.05, 4.69) is 4.74 Å². The fraction of sp³-hybridized carbons (Fsp3) is 0.333. The van der Waals surface area contributed by atoms with Crippen LogP contribution in [0, 0.1) is 0 Å². The van der Waals surface area contributed by atoms with Crippen molar-refractivity contribution in [3.05, 3.63) is 11.1 Å². The van der Waals surface area contributed by atoms with Crippen LogP contribution in [0.5, 0.6) is 11.5 Å². The molecule has 2 aromatic heterocycles. The first-order valence-corrected chi connectivity index (χ1v) is 11.1. The number of hydrogen-bond donors (Lipinski definition) is 0. The number of hydrogen-bond acceptors (Lipinski definition) is 9. The Labute approximate surface area is 183 Å². The van der Waals surface area contributed by atoms with Gasteiger partial charge in [0, 0.05) is 0 Å². The van der Waals surface area contributed by atoms with Gasteiger partial charge in [-0.3, -0.25) is 0 Å². The first-order chi connectivity index (χ1) is 13.1. The van der Waals surface area contributed by atoms with Gasteiger partial charge in [0.25, 0.3) is 0 Å². The summed E-state index contributed by atoms with van der Waals surface area (Å²) in [4.78, 5) is 48.3. The topological polar surface area (TPSA) is 118 Å². The standard InChI is InChI=1S/C15H8B2I2O9/c1-14(18,15(16)17-19-15)13(23)25-3-4(20)26-9-7-5(11(21)24-2)6-8(27-7)10(9)28-12(6)22/h3H2,1-2H3/q-1. The van der Waals surface area contributed by atoms with E-state index in [4.69, 9.17) is 26.5 Å². The Morgan fingerprint density at radius 1 is 1.36 bits per heavy atom. The van der Waals surface area contributed by atoms with Gasteiger partial charge in [-0.05, 0) is 0 Å². The molecule has 2 atom stereocenters. The second-order valence-electron chi connectivity index (χ2n) is 6.09. The molecule has 0 aromatic carbocycles. The summed E-state index contributed by atoms with van der Waals surface area (Å²) in [5.74, 6) is -3.57. The van der Waals surface area contributed by atoms with Crippen LogP contribution in [0.1, 0.15) is 27.6 Å². The summed E-state index contributed by atoms with van der Waals surface area (Å²) in [6.07, 6.45) is 0. The van der Waals surface area contributed by atoms with E-state index in [-0.39, 0.29) is 33.8 Å². The fourth-order valence-corrected chi connectivity index (χ4v) is 6.06. The molecule has 0 spiro atoms. The van der Waals surface area contributed by atoms with Crippen LogP contribution in [0.25, 0.3) is 11.2 Å². The van der Waals surface area contributed by atoms with Crippen molar-refractivity contribution in [2.45, 2.75) is 13.6 Å².